The van der Waals surface area contributed by atoms with E-state index < -0.39 is 23.8 Å². The van der Waals surface area contributed by atoms with Gasteiger partial charge in [0.15, 0.2) is 0 Å². The molecule has 0 unspecified atom stereocenters. The Morgan fingerprint density at radius 3 is 2.73 bits per heavy atom. The Morgan fingerprint density at radius 2 is 2.08 bits per heavy atom. The first-order valence-electron chi connectivity index (χ1n) is 7.76. The van der Waals surface area contributed by atoms with Gasteiger partial charge in [-0.1, -0.05) is 12.7 Å². The van der Waals surface area contributed by atoms with Gasteiger partial charge in [0.25, 0.3) is 5.56 Å². The molecule has 0 aliphatic rings. The summed E-state index contributed by atoms with van der Waals surface area (Å²) in [6, 6.07) is 8.07. The van der Waals surface area contributed by atoms with Crippen molar-refractivity contribution in [2.75, 3.05) is 6.61 Å². The minimum Gasteiger partial charge on any atom is -0.490 e. The number of hydrogen-bond acceptors (Lipinski definition) is 5. The molecule has 1 N–H and O–H groups in total. The maximum Gasteiger partial charge on any atom is 0.332 e. The molecule has 1 aromatic carbocycles. The zero-order valence-electron chi connectivity index (χ0n) is 13.8. The van der Waals surface area contributed by atoms with Gasteiger partial charge in [-0.3, -0.25) is 14.2 Å². The number of hydrogen-bond donors (Lipinski definition) is 1. The second kappa shape index (κ2) is 7.14. The Labute approximate surface area is 147 Å². The minimum absolute atomic E-state index is 0.0646. The molecule has 0 bridgehead atoms. The van der Waals surface area contributed by atoms with Gasteiger partial charge in [-0.15, -0.1) is 0 Å². The van der Waals surface area contributed by atoms with E-state index in [0.717, 1.165) is 0 Å². The van der Waals surface area contributed by atoms with Crippen molar-refractivity contribution in [3.63, 3.8) is 0 Å². The van der Waals surface area contributed by atoms with Crippen LogP contribution in [0.2, 0.25) is 0 Å². The number of carboxylic acid groups (broad SMARTS) is 1. The second-order valence-corrected chi connectivity index (χ2v) is 5.51. The summed E-state index contributed by atoms with van der Waals surface area (Å²) in [6.07, 6.45) is 3.03. The van der Waals surface area contributed by atoms with Gasteiger partial charge in [-0.25, -0.2) is 9.36 Å². The molecule has 134 valence electrons. The lowest BCUT2D eigenvalue weighted by Gasteiger charge is -2.13. The summed E-state index contributed by atoms with van der Waals surface area (Å²) in [5, 5.41) is 9.22. The molecule has 0 atom stereocenters. The van der Waals surface area contributed by atoms with Crippen molar-refractivity contribution < 1.29 is 19.1 Å². The number of aromatic nitrogens is 2. The maximum atomic E-state index is 12.7. The molecule has 26 heavy (non-hydrogen) atoms. The molecule has 3 aromatic rings. The van der Waals surface area contributed by atoms with Crippen molar-refractivity contribution in [1.29, 1.82) is 0 Å². The monoisotopic (exact) mass is 356 g/mol. The Bertz CT molecular complexity index is 1080. The van der Waals surface area contributed by atoms with Crippen LogP contribution in [0.15, 0.2) is 63.3 Å². The fraction of sp³-hybridized carbons (Fsp3) is 0.167. The topological polar surface area (TPSA) is 104 Å². The SMILES string of the molecule is C=CCOc1ccc2c(c1)c(=O)n(CC(=O)O)c(=O)n2Cc1ccco1. The maximum absolute atomic E-state index is 12.7. The highest BCUT2D eigenvalue weighted by molar-refractivity contribution is 5.80. The van der Waals surface area contributed by atoms with Gasteiger partial charge >= 0.3 is 11.7 Å². The lowest BCUT2D eigenvalue weighted by atomic mass is 10.2. The third-order valence-corrected chi connectivity index (χ3v) is 3.75. The number of carboxylic acids is 1. The molecular formula is C18H16N2O6. The fourth-order valence-electron chi connectivity index (χ4n) is 2.63. The summed E-state index contributed by atoms with van der Waals surface area (Å²) in [7, 11) is 0. The summed E-state index contributed by atoms with van der Waals surface area (Å²) in [5.74, 6) is -0.368. The van der Waals surface area contributed by atoms with Crippen LogP contribution in [0.5, 0.6) is 5.75 Å². The Kier molecular flexibility index (Phi) is 4.74. The highest BCUT2D eigenvalue weighted by atomic mass is 16.5. The normalized spacial score (nSPS) is 10.8. The molecule has 8 nitrogen and oxygen atoms in total. The van der Waals surface area contributed by atoms with Crippen LogP contribution < -0.4 is 16.0 Å². The van der Waals surface area contributed by atoms with E-state index in [1.807, 2.05) is 0 Å². The molecule has 8 heteroatoms. The van der Waals surface area contributed by atoms with Gasteiger partial charge in [-0.2, -0.15) is 0 Å². The average Bonchev–Trinajstić information content (AvgIpc) is 3.13. The van der Waals surface area contributed by atoms with Gasteiger partial charge in [0.1, 0.15) is 24.7 Å². The van der Waals surface area contributed by atoms with E-state index in [1.165, 1.54) is 16.9 Å². The van der Waals surface area contributed by atoms with E-state index in [1.54, 1.807) is 30.3 Å². The van der Waals surface area contributed by atoms with Crippen molar-refractivity contribution in [3.05, 3.63) is 75.8 Å². The molecule has 2 heterocycles. The smallest absolute Gasteiger partial charge is 0.332 e. The summed E-state index contributed by atoms with van der Waals surface area (Å²) in [5.41, 5.74) is -1.04. The molecule has 0 aliphatic heterocycles. The minimum atomic E-state index is -1.29. The molecule has 0 saturated heterocycles. The molecule has 0 aliphatic carbocycles. The summed E-state index contributed by atoms with van der Waals surface area (Å²) < 4.78 is 12.7. The van der Waals surface area contributed by atoms with Crippen LogP contribution in [0.4, 0.5) is 0 Å². The average molecular weight is 356 g/mol. The van der Waals surface area contributed by atoms with Gasteiger partial charge < -0.3 is 14.3 Å². The number of furan rings is 1. The molecule has 0 spiro atoms. The number of benzene rings is 1. The largest absolute Gasteiger partial charge is 0.490 e. The van der Waals surface area contributed by atoms with E-state index >= 15 is 0 Å². The van der Waals surface area contributed by atoms with Crippen molar-refractivity contribution in [1.82, 2.24) is 9.13 Å². The summed E-state index contributed by atoms with van der Waals surface area (Å²) in [4.78, 5) is 36.4. The number of aliphatic carboxylic acids is 1. The predicted molar refractivity (Wildman–Crippen MR) is 93.6 cm³/mol. The van der Waals surface area contributed by atoms with E-state index in [-0.39, 0.29) is 18.5 Å². The van der Waals surface area contributed by atoms with E-state index in [0.29, 0.717) is 21.6 Å². The van der Waals surface area contributed by atoms with Gasteiger partial charge in [0, 0.05) is 0 Å². The predicted octanol–water partition coefficient (Wildman–Crippen LogP) is 1.45. The number of fused-ring (bicyclic) bond motifs is 1. The van der Waals surface area contributed by atoms with Crippen LogP contribution in [0.1, 0.15) is 5.76 Å². The van der Waals surface area contributed by atoms with Crippen LogP contribution in [0.3, 0.4) is 0 Å². The highest BCUT2D eigenvalue weighted by Gasteiger charge is 2.16. The third-order valence-electron chi connectivity index (χ3n) is 3.75. The summed E-state index contributed by atoms with van der Waals surface area (Å²) in [6.45, 7) is 3.14. The van der Waals surface area contributed by atoms with Gasteiger partial charge in [0.2, 0.25) is 0 Å². The Morgan fingerprint density at radius 1 is 1.27 bits per heavy atom. The van der Waals surface area contributed by atoms with Crippen LogP contribution >= 0.6 is 0 Å². The first-order chi connectivity index (χ1) is 12.5. The molecular weight excluding hydrogens is 340 g/mol. The molecule has 0 amide bonds. The van der Waals surface area contributed by atoms with Crippen molar-refractivity contribution in [2.24, 2.45) is 0 Å². The third kappa shape index (κ3) is 3.30. The van der Waals surface area contributed by atoms with Crippen LogP contribution in [-0.4, -0.2) is 26.8 Å². The van der Waals surface area contributed by atoms with Gasteiger partial charge in [-0.05, 0) is 30.3 Å². The quantitative estimate of drug-likeness (QED) is 0.643. The van der Waals surface area contributed by atoms with Crippen molar-refractivity contribution in [2.45, 2.75) is 13.1 Å². The molecule has 0 radical (unpaired) electrons. The molecule has 2 aromatic heterocycles. The fourth-order valence-corrected chi connectivity index (χ4v) is 2.63. The van der Waals surface area contributed by atoms with Gasteiger partial charge in [0.05, 0.1) is 23.7 Å². The highest BCUT2D eigenvalue weighted by Crippen LogP contribution is 2.18. The lowest BCUT2D eigenvalue weighted by molar-refractivity contribution is -0.137. The summed E-state index contributed by atoms with van der Waals surface area (Å²) >= 11 is 0. The first-order valence-corrected chi connectivity index (χ1v) is 7.76. The standard InChI is InChI=1S/C18H16N2O6/c1-2-7-25-12-5-6-15-14(9-12)17(23)20(11-16(21)22)18(24)19(15)10-13-4-3-8-26-13/h2-6,8-9H,1,7,10-11H2,(H,21,22). The van der Waals surface area contributed by atoms with Crippen LogP contribution in [-0.2, 0) is 17.9 Å². The number of nitrogens with zero attached hydrogens (tertiary/aromatic N) is 2. The van der Waals surface area contributed by atoms with E-state index in [9.17, 15) is 14.4 Å². The van der Waals surface area contributed by atoms with Crippen LogP contribution in [0.25, 0.3) is 10.9 Å². The van der Waals surface area contributed by atoms with Crippen LogP contribution in [0, 0.1) is 0 Å². The second-order valence-electron chi connectivity index (χ2n) is 5.51. The number of ether oxygens (including phenoxy) is 1. The number of rotatable bonds is 7. The lowest BCUT2D eigenvalue weighted by Crippen LogP contribution is -2.41. The number of carbonyl (C=O) groups is 1. The van der Waals surface area contributed by atoms with E-state index in [4.69, 9.17) is 14.3 Å². The van der Waals surface area contributed by atoms with Crippen molar-refractivity contribution in [3.8, 4) is 5.75 Å². The first kappa shape index (κ1) is 17.3. The Balaban J connectivity index is 2.25. The molecule has 0 fully saturated rings. The molecule has 0 saturated carbocycles. The zero-order valence-corrected chi connectivity index (χ0v) is 13.8. The van der Waals surface area contributed by atoms with E-state index in [2.05, 4.69) is 6.58 Å². The molecule has 3 rings (SSSR count). The zero-order chi connectivity index (χ0) is 18.7. The Hall–Kier alpha value is -3.55. The van der Waals surface area contributed by atoms with Crippen molar-refractivity contribution >= 4 is 16.9 Å².